The summed E-state index contributed by atoms with van der Waals surface area (Å²) < 4.78 is 0. The molecular formula is C16H22Cl3N. The Morgan fingerprint density at radius 1 is 1.00 bits per heavy atom. The molecule has 0 saturated heterocycles. The molecule has 1 saturated carbocycles. The highest BCUT2D eigenvalue weighted by atomic mass is 35.5. The Kier molecular flexibility index (Phi) is 5.64. The summed E-state index contributed by atoms with van der Waals surface area (Å²) in [7, 11) is 0. The van der Waals surface area contributed by atoms with Gasteiger partial charge in [-0.3, -0.25) is 0 Å². The Morgan fingerprint density at radius 2 is 1.60 bits per heavy atom. The summed E-state index contributed by atoms with van der Waals surface area (Å²) >= 11 is 18.4. The van der Waals surface area contributed by atoms with Gasteiger partial charge in [-0.1, -0.05) is 54.7 Å². The topological polar surface area (TPSA) is 12.0 Å². The lowest BCUT2D eigenvalue weighted by Gasteiger charge is -2.34. The standard InChI is InChI=1S/C16H22Cl3N/c1-9-6-10(2)8-12(7-9)20-11(3)13-4-5-14(17)16(19)15(13)18/h4-5,9-12,20H,6-8H2,1-3H3. The highest BCUT2D eigenvalue weighted by Gasteiger charge is 2.25. The van der Waals surface area contributed by atoms with Gasteiger partial charge in [0.15, 0.2) is 0 Å². The summed E-state index contributed by atoms with van der Waals surface area (Å²) in [6, 6.07) is 4.51. The Bertz CT molecular complexity index is 465. The SMILES string of the molecule is CC1CC(C)CC(NC(C)c2ccc(Cl)c(Cl)c2Cl)C1. The molecule has 0 bridgehead atoms. The molecule has 3 atom stereocenters. The van der Waals surface area contributed by atoms with E-state index in [0.717, 1.165) is 17.4 Å². The van der Waals surface area contributed by atoms with E-state index < -0.39 is 0 Å². The van der Waals surface area contributed by atoms with Gasteiger partial charge >= 0.3 is 0 Å². The van der Waals surface area contributed by atoms with Crippen molar-refractivity contribution in [2.75, 3.05) is 0 Å². The highest BCUT2D eigenvalue weighted by molar-refractivity contribution is 6.48. The second-order valence-electron chi connectivity index (χ2n) is 6.27. The van der Waals surface area contributed by atoms with Crippen LogP contribution < -0.4 is 5.32 Å². The maximum absolute atomic E-state index is 6.31. The molecule has 0 aromatic heterocycles. The normalized spacial score (nSPS) is 28.4. The fourth-order valence-corrected chi connectivity index (χ4v) is 4.11. The second-order valence-corrected chi connectivity index (χ2v) is 7.43. The van der Waals surface area contributed by atoms with Crippen molar-refractivity contribution in [3.05, 3.63) is 32.8 Å². The molecule has 4 heteroatoms. The van der Waals surface area contributed by atoms with Crippen LogP contribution in [0, 0.1) is 11.8 Å². The first-order valence-electron chi connectivity index (χ1n) is 7.28. The Hall–Kier alpha value is 0.0500. The molecule has 0 aliphatic heterocycles. The van der Waals surface area contributed by atoms with Crippen molar-refractivity contribution in [1.29, 1.82) is 0 Å². The minimum atomic E-state index is 0.180. The van der Waals surface area contributed by atoms with Crippen LogP contribution in [0.1, 0.15) is 51.6 Å². The first-order chi connectivity index (χ1) is 9.38. The third-order valence-corrected chi connectivity index (χ3v) is 5.50. The lowest BCUT2D eigenvalue weighted by atomic mass is 9.80. The fraction of sp³-hybridized carbons (Fsp3) is 0.625. The molecule has 0 spiro atoms. The van der Waals surface area contributed by atoms with E-state index in [1.54, 1.807) is 0 Å². The molecule has 20 heavy (non-hydrogen) atoms. The molecule has 0 radical (unpaired) electrons. The van der Waals surface area contributed by atoms with Crippen molar-refractivity contribution < 1.29 is 0 Å². The smallest absolute Gasteiger partial charge is 0.0781 e. The summed E-state index contributed by atoms with van der Waals surface area (Å²) in [5.74, 6) is 1.57. The molecular weight excluding hydrogens is 313 g/mol. The van der Waals surface area contributed by atoms with Gasteiger partial charge in [-0.15, -0.1) is 0 Å². The van der Waals surface area contributed by atoms with E-state index >= 15 is 0 Å². The van der Waals surface area contributed by atoms with E-state index in [4.69, 9.17) is 34.8 Å². The molecule has 112 valence electrons. The van der Waals surface area contributed by atoms with Crippen LogP contribution in [0.5, 0.6) is 0 Å². The first kappa shape index (κ1) is 16.4. The summed E-state index contributed by atoms with van der Waals surface area (Å²) in [5, 5.41) is 5.22. The largest absolute Gasteiger partial charge is 0.307 e. The van der Waals surface area contributed by atoms with Gasteiger partial charge in [-0.2, -0.15) is 0 Å². The van der Waals surface area contributed by atoms with Crippen LogP contribution >= 0.6 is 34.8 Å². The number of nitrogens with one attached hydrogen (secondary N) is 1. The van der Waals surface area contributed by atoms with E-state index in [2.05, 4.69) is 26.1 Å². The van der Waals surface area contributed by atoms with Crippen LogP contribution in [0.25, 0.3) is 0 Å². The van der Waals surface area contributed by atoms with Gasteiger partial charge in [-0.05, 0) is 49.7 Å². The van der Waals surface area contributed by atoms with Crippen LogP contribution in [0.15, 0.2) is 12.1 Å². The molecule has 0 heterocycles. The van der Waals surface area contributed by atoms with Crippen molar-refractivity contribution in [1.82, 2.24) is 5.32 Å². The number of hydrogen-bond acceptors (Lipinski definition) is 1. The summed E-state index contributed by atoms with van der Waals surface area (Å²) in [6.07, 6.45) is 3.79. The quantitative estimate of drug-likeness (QED) is 0.656. The van der Waals surface area contributed by atoms with Crippen LogP contribution in [0.3, 0.4) is 0 Å². The van der Waals surface area contributed by atoms with Crippen molar-refractivity contribution in [2.45, 2.75) is 52.1 Å². The van der Waals surface area contributed by atoms with Gasteiger partial charge in [0.2, 0.25) is 0 Å². The predicted octanol–water partition coefficient (Wildman–Crippen LogP) is 6.12. The van der Waals surface area contributed by atoms with Crippen LogP contribution in [0.4, 0.5) is 0 Å². The zero-order chi connectivity index (χ0) is 14.9. The molecule has 1 fully saturated rings. The van der Waals surface area contributed by atoms with Gasteiger partial charge < -0.3 is 5.32 Å². The van der Waals surface area contributed by atoms with Crippen molar-refractivity contribution >= 4 is 34.8 Å². The van der Waals surface area contributed by atoms with Crippen LogP contribution in [-0.4, -0.2) is 6.04 Å². The van der Waals surface area contributed by atoms with E-state index in [0.29, 0.717) is 21.1 Å². The maximum atomic E-state index is 6.31. The van der Waals surface area contributed by atoms with E-state index in [1.807, 2.05) is 12.1 Å². The third-order valence-electron chi connectivity index (χ3n) is 4.20. The first-order valence-corrected chi connectivity index (χ1v) is 8.41. The minimum absolute atomic E-state index is 0.180. The van der Waals surface area contributed by atoms with Gasteiger partial charge in [0.25, 0.3) is 0 Å². The van der Waals surface area contributed by atoms with Crippen molar-refractivity contribution in [2.24, 2.45) is 11.8 Å². The second kappa shape index (κ2) is 6.87. The Labute approximate surface area is 137 Å². The molecule has 1 nitrogen and oxygen atoms in total. The predicted molar refractivity (Wildman–Crippen MR) is 89.0 cm³/mol. The lowest BCUT2D eigenvalue weighted by Crippen LogP contribution is -2.37. The highest BCUT2D eigenvalue weighted by Crippen LogP contribution is 2.36. The van der Waals surface area contributed by atoms with Crippen molar-refractivity contribution in [3.63, 3.8) is 0 Å². The molecule has 1 aliphatic carbocycles. The van der Waals surface area contributed by atoms with Gasteiger partial charge in [-0.25, -0.2) is 0 Å². The molecule has 0 amide bonds. The van der Waals surface area contributed by atoms with Crippen LogP contribution in [0.2, 0.25) is 15.1 Å². The average molecular weight is 335 g/mol. The summed E-state index contributed by atoms with van der Waals surface area (Å²) in [4.78, 5) is 0. The molecule has 1 N–H and O–H groups in total. The lowest BCUT2D eigenvalue weighted by molar-refractivity contribution is 0.228. The zero-order valence-electron chi connectivity index (χ0n) is 12.2. The van der Waals surface area contributed by atoms with E-state index in [1.165, 1.54) is 19.3 Å². The molecule has 1 aromatic carbocycles. The van der Waals surface area contributed by atoms with Gasteiger partial charge in [0.1, 0.15) is 0 Å². The minimum Gasteiger partial charge on any atom is -0.307 e. The number of rotatable bonds is 3. The molecule has 1 aromatic rings. The number of hydrogen-bond donors (Lipinski definition) is 1. The number of benzene rings is 1. The van der Waals surface area contributed by atoms with Gasteiger partial charge in [0.05, 0.1) is 15.1 Å². The van der Waals surface area contributed by atoms with Gasteiger partial charge in [0, 0.05) is 12.1 Å². The van der Waals surface area contributed by atoms with Crippen LogP contribution in [-0.2, 0) is 0 Å². The third kappa shape index (κ3) is 3.82. The van der Waals surface area contributed by atoms with E-state index in [-0.39, 0.29) is 6.04 Å². The average Bonchev–Trinajstić information content (AvgIpc) is 2.34. The Balaban J connectivity index is 2.08. The summed E-state index contributed by atoms with van der Waals surface area (Å²) in [5.41, 5.74) is 1.02. The summed E-state index contributed by atoms with van der Waals surface area (Å²) in [6.45, 7) is 6.80. The molecule has 1 aliphatic rings. The van der Waals surface area contributed by atoms with Crippen molar-refractivity contribution in [3.8, 4) is 0 Å². The zero-order valence-corrected chi connectivity index (χ0v) is 14.5. The molecule has 3 unspecified atom stereocenters. The monoisotopic (exact) mass is 333 g/mol. The van der Waals surface area contributed by atoms with E-state index in [9.17, 15) is 0 Å². The molecule has 2 rings (SSSR count). The number of halogens is 3. The Morgan fingerprint density at radius 3 is 2.20 bits per heavy atom. The maximum Gasteiger partial charge on any atom is 0.0781 e. The fourth-order valence-electron chi connectivity index (χ4n) is 3.40.